The van der Waals surface area contributed by atoms with E-state index in [2.05, 4.69) is 10.9 Å². The third kappa shape index (κ3) is 2.41. The zero-order chi connectivity index (χ0) is 12.5. The fourth-order valence-corrected chi connectivity index (χ4v) is 2.85. The summed E-state index contributed by atoms with van der Waals surface area (Å²) < 4.78 is 24.3. The average Bonchev–Trinajstić information content (AvgIpc) is 2.33. The van der Waals surface area contributed by atoms with Crippen molar-refractivity contribution in [3.63, 3.8) is 0 Å². The molecule has 90 valence electrons. The molecule has 0 unspecified atom stereocenters. The van der Waals surface area contributed by atoms with Crippen LogP contribution in [0.1, 0.15) is 0 Å². The molecule has 0 radical (unpaired) electrons. The molecule has 1 aliphatic heterocycles. The van der Waals surface area contributed by atoms with Crippen LogP contribution < -0.4 is 10.9 Å². The third-order valence-corrected chi connectivity index (χ3v) is 4.54. The quantitative estimate of drug-likeness (QED) is 0.877. The van der Waals surface area contributed by atoms with Crippen molar-refractivity contribution in [1.82, 2.24) is 10.9 Å². The molecule has 0 aliphatic carbocycles. The Balaban J connectivity index is 2.48. The maximum atomic E-state index is 12.1. The summed E-state index contributed by atoms with van der Waals surface area (Å²) in [4.78, 5) is 0.0859. The van der Waals surface area contributed by atoms with Gasteiger partial charge in [0.15, 0.2) is 5.03 Å². The van der Waals surface area contributed by atoms with Crippen molar-refractivity contribution in [2.75, 3.05) is 0 Å². The number of hydrogen-bond acceptors (Lipinski definition) is 4. The van der Waals surface area contributed by atoms with Gasteiger partial charge in [0.2, 0.25) is 9.84 Å². The minimum atomic E-state index is -3.61. The predicted octanol–water partition coefficient (Wildman–Crippen LogP) is 2.23. The zero-order valence-electron chi connectivity index (χ0n) is 8.44. The highest BCUT2D eigenvalue weighted by atomic mass is 35.5. The van der Waals surface area contributed by atoms with Crippen LogP contribution in [0.2, 0.25) is 10.0 Å². The van der Waals surface area contributed by atoms with Gasteiger partial charge in [0, 0.05) is 6.20 Å². The molecule has 0 atom stereocenters. The normalized spacial score (nSPS) is 14.8. The lowest BCUT2D eigenvalue weighted by Crippen LogP contribution is -2.32. The summed E-state index contributed by atoms with van der Waals surface area (Å²) in [6, 6.07) is 4.17. The van der Waals surface area contributed by atoms with Crippen LogP contribution in [-0.2, 0) is 9.84 Å². The van der Waals surface area contributed by atoms with Crippen LogP contribution in [0.5, 0.6) is 0 Å². The van der Waals surface area contributed by atoms with Crippen molar-refractivity contribution in [3.8, 4) is 0 Å². The molecule has 2 N–H and O–H groups in total. The Bertz CT molecular complexity index is 609. The molecular formula is C10H8Cl2N2O2S. The average molecular weight is 291 g/mol. The molecule has 1 heterocycles. The van der Waals surface area contributed by atoms with Gasteiger partial charge in [-0.2, -0.15) is 0 Å². The van der Waals surface area contributed by atoms with E-state index in [1.165, 1.54) is 24.3 Å². The van der Waals surface area contributed by atoms with Crippen molar-refractivity contribution in [2.24, 2.45) is 0 Å². The van der Waals surface area contributed by atoms with E-state index in [4.69, 9.17) is 23.2 Å². The number of allylic oxidation sites excluding steroid dienone is 2. The lowest BCUT2D eigenvalue weighted by molar-refractivity contribution is 0.593. The minimum Gasteiger partial charge on any atom is -0.308 e. The van der Waals surface area contributed by atoms with Gasteiger partial charge in [-0.05, 0) is 30.4 Å². The number of benzene rings is 1. The molecule has 0 spiro atoms. The summed E-state index contributed by atoms with van der Waals surface area (Å²) in [5.74, 6) is 0. The summed E-state index contributed by atoms with van der Waals surface area (Å²) in [5, 5.41) is 0.570. The van der Waals surface area contributed by atoms with Gasteiger partial charge < -0.3 is 5.43 Å². The standard InChI is InChI=1S/C10H8Cl2N2O2S/c11-8-4-3-7(6-9(8)12)17(15,16)10-2-1-5-13-14-10/h1-6,13-14H. The van der Waals surface area contributed by atoms with E-state index in [9.17, 15) is 8.42 Å². The van der Waals surface area contributed by atoms with E-state index in [0.29, 0.717) is 5.02 Å². The Hall–Kier alpha value is -1.17. The fourth-order valence-electron chi connectivity index (χ4n) is 1.27. The van der Waals surface area contributed by atoms with E-state index < -0.39 is 9.84 Å². The maximum absolute atomic E-state index is 12.1. The minimum absolute atomic E-state index is 0.0541. The van der Waals surface area contributed by atoms with Crippen molar-refractivity contribution in [1.29, 1.82) is 0 Å². The molecule has 7 heteroatoms. The van der Waals surface area contributed by atoms with Crippen LogP contribution in [0.15, 0.2) is 46.5 Å². The fraction of sp³-hybridized carbons (Fsp3) is 0. The Kier molecular flexibility index (Phi) is 3.33. The molecular weight excluding hydrogens is 283 g/mol. The van der Waals surface area contributed by atoms with Gasteiger partial charge in [-0.15, -0.1) is 0 Å². The Morgan fingerprint density at radius 1 is 1.12 bits per heavy atom. The summed E-state index contributed by atoms with van der Waals surface area (Å²) >= 11 is 11.5. The van der Waals surface area contributed by atoms with Crippen LogP contribution in [0.25, 0.3) is 0 Å². The molecule has 4 nitrogen and oxygen atoms in total. The number of nitrogens with one attached hydrogen (secondary N) is 2. The van der Waals surface area contributed by atoms with Gasteiger partial charge in [-0.25, -0.2) is 8.42 Å². The van der Waals surface area contributed by atoms with Gasteiger partial charge in [-0.3, -0.25) is 5.43 Å². The van der Waals surface area contributed by atoms with E-state index in [0.717, 1.165) is 0 Å². The largest absolute Gasteiger partial charge is 0.308 e. The number of sulfone groups is 1. The molecule has 17 heavy (non-hydrogen) atoms. The van der Waals surface area contributed by atoms with Crippen molar-refractivity contribution >= 4 is 33.0 Å². The molecule has 0 amide bonds. The second-order valence-electron chi connectivity index (χ2n) is 3.24. The van der Waals surface area contributed by atoms with E-state index in [1.54, 1.807) is 12.3 Å². The second-order valence-corrected chi connectivity index (χ2v) is 5.97. The van der Waals surface area contributed by atoms with Gasteiger partial charge >= 0.3 is 0 Å². The molecule has 2 rings (SSSR count). The zero-order valence-corrected chi connectivity index (χ0v) is 10.8. The number of hydrogen-bond donors (Lipinski definition) is 2. The first-order valence-corrected chi connectivity index (χ1v) is 6.84. The molecule has 0 bridgehead atoms. The molecule has 0 aromatic heterocycles. The number of hydrazine groups is 1. The smallest absolute Gasteiger partial charge is 0.223 e. The summed E-state index contributed by atoms with van der Waals surface area (Å²) in [5.41, 5.74) is 5.15. The monoisotopic (exact) mass is 290 g/mol. The SMILES string of the molecule is O=S(=O)(C1=CC=CNN1)c1ccc(Cl)c(Cl)c1. The summed E-state index contributed by atoms with van der Waals surface area (Å²) in [7, 11) is -3.61. The van der Waals surface area contributed by atoms with Gasteiger partial charge in [-0.1, -0.05) is 23.2 Å². The van der Waals surface area contributed by atoms with Crippen LogP contribution in [0.4, 0.5) is 0 Å². The van der Waals surface area contributed by atoms with E-state index in [1.807, 2.05) is 0 Å². The van der Waals surface area contributed by atoms with Gasteiger partial charge in [0.25, 0.3) is 0 Å². The van der Waals surface area contributed by atoms with E-state index in [-0.39, 0.29) is 14.9 Å². The molecule has 0 saturated heterocycles. The predicted molar refractivity (Wildman–Crippen MR) is 67.1 cm³/mol. The van der Waals surface area contributed by atoms with Crippen molar-refractivity contribution in [3.05, 3.63) is 51.6 Å². The Morgan fingerprint density at radius 2 is 1.88 bits per heavy atom. The Labute approximate surface area is 109 Å². The van der Waals surface area contributed by atoms with Crippen LogP contribution >= 0.6 is 23.2 Å². The van der Waals surface area contributed by atoms with E-state index >= 15 is 0 Å². The lowest BCUT2D eigenvalue weighted by atomic mass is 10.4. The maximum Gasteiger partial charge on any atom is 0.223 e. The van der Waals surface area contributed by atoms with Crippen LogP contribution in [-0.4, -0.2) is 8.42 Å². The van der Waals surface area contributed by atoms with Crippen molar-refractivity contribution in [2.45, 2.75) is 4.90 Å². The van der Waals surface area contributed by atoms with Gasteiger partial charge in [0.05, 0.1) is 14.9 Å². The van der Waals surface area contributed by atoms with Crippen LogP contribution in [0, 0.1) is 0 Å². The molecule has 0 saturated carbocycles. The number of rotatable bonds is 2. The molecule has 1 aromatic rings. The molecule has 0 fully saturated rings. The summed E-state index contributed by atoms with van der Waals surface area (Å²) in [6.45, 7) is 0. The Morgan fingerprint density at radius 3 is 2.47 bits per heavy atom. The first kappa shape index (κ1) is 12.3. The topological polar surface area (TPSA) is 58.2 Å². The number of halogens is 2. The van der Waals surface area contributed by atoms with Crippen LogP contribution in [0.3, 0.4) is 0 Å². The highest BCUT2D eigenvalue weighted by Gasteiger charge is 2.21. The third-order valence-electron chi connectivity index (χ3n) is 2.11. The first-order valence-electron chi connectivity index (χ1n) is 4.60. The van der Waals surface area contributed by atoms with Gasteiger partial charge in [0.1, 0.15) is 0 Å². The highest BCUT2D eigenvalue weighted by molar-refractivity contribution is 7.95. The second kappa shape index (κ2) is 4.60. The first-order chi connectivity index (χ1) is 8.01. The molecule has 1 aromatic carbocycles. The lowest BCUT2D eigenvalue weighted by Gasteiger charge is -2.14. The highest BCUT2D eigenvalue weighted by Crippen LogP contribution is 2.27. The van der Waals surface area contributed by atoms with Crippen molar-refractivity contribution < 1.29 is 8.42 Å². The summed E-state index contributed by atoms with van der Waals surface area (Å²) in [6.07, 6.45) is 4.61. The molecule has 1 aliphatic rings.